The number of benzene rings is 1. The van der Waals surface area contributed by atoms with Gasteiger partial charge < -0.3 is 15.0 Å². The van der Waals surface area contributed by atoms with Gasteiger partial charge in [0.25, 0.3) is 0 Å². The van der Waals surface area contributed by atoms with Gasteiger partial charge in [-0.2, -0.15) is 0 Å². The van der Waals surface area contributed by atoms with Crippen molar-refractivity contribution in [1.29, 1.82) is 0 Å². The summed E-state index contributed by atoms with van der Waals surface area (Å²) in [6.07, 6.45) is 3.56. The standard InChI is InChI=1S/C18H21N5O/c1-11(2)15-7-8-19-18(23-15)22-13-5-6-14(16(9-13)24-4)17-20-10-12(3)21-17/h5-11H,1-4H3,(H,20,21)(H,19,22,23). The Hall–Kier alpha value is -2.89. The first-order valence-corrected chi connectivity index (χ1v) is 7.87. The summed E-state index contributed by atoms with van der Waals surface area (Å²) in [5, 5.41) is 3.22. The van der Waals surface area contributed by atoms with Gasteiger partial charge in [0.1, 0.15) is 11.6 Å². The van der Waals surface area contributed by atoms with E-state index < -0.39 is 0 Å². The van der Waals surface area contributed by atoms with Crippen LogP contribution < -0.4 is 10.1 Å². The minimum Gasteiger partial charge on any atom is -0.496 e. The van der Waals surface area contributed by atoms with Crippen LogP contribution >= 0.6 is 0 Å². The summed E-state index contributed by atoms with van der Waals surface area (Å²) < 4.78 is 5.51. The monoisotopic (exact) mass is 323 g/mol. The number of aromatic nitrogens is 4. The third-order valence-corrected chi connectivity index (χ3v) is 3.68. The fraction of sp³-hybridized carbons (Fsp3) is 0.278. The van der Waals surface area contributed by atoms with Crippen molar-refractivity contribution in [2.75, 3.05) is 12.4 Å². The number of nitrogens with zero attached hydrogens (tertiary/aromatic N) is 3. The Kier molecular flexibility index (Phi) is 4.46. The van der Waals surface area contributed by atoms with Crippen molar-refractivity contribution in [3.05, 3.63) is 48.0 Å². The molecule has 0 unspecified atom stereocenters. The van der Waals surface area contributed by atoms with Crippen LogP contribution in [0.4, 0.5) is 11.6 Å². The number of hydrogen-bond donors (Lipinski definition) is 2. The molecule has 1 aromatic carbocycles. The fourth-order valence-electron chi connectivity index (χ4n) is 2.40. The van der Waals surface area contributed by atoms with Gasteiger partial charge in [0.05, 0.1) is 12.7 Å². The number of rotatable bonds is 5. The molecule has 6 heteroatoms. The lowest BCUT2D eigenvalue weighted by Gasteiger charge is -2.11. The molecule has 0 aliphatic rings. The quantitative estimate of drug-likeness (QED) is 0.741. The topological polar surface area (TPSA) is 75.7 Å². The molecule has 3 rings (SSSR count). The molecule has 124 valence electrons. The molecule has 0 saturated carbocycles. The van der Waals surface area contributed by atoms with Gasteiger partial charge in [0.15, 0.2) is 0 Å². The molecule has 0 atom stereocenters. The number of aromatic amines is 1. The molecular formula is C18H21N5O. The number of H-pyrrole nitrogens is 1. The van der Waals surface area contributed by atoms with Crippen molar-refractivity contribution in [2.45, 2.75) is 26.7 Å². The minimum absolute atomic E-state index is 0.354. The number of methoxy groups -OCH3 is 1. The molecule has 24 heavy (non-hydrogen) atoms. The highest BCUT2D eigenvalue weighted by Crippen LogP contribution is 2.31. The molecule has 3 aromatic rings. The van der Waals surface area contributed by atoms with E-state index in [-0.39, 0.29) is 0 Å². The van der Waals surface area contributed by atoms with Crippen LogP contribution in [-0.2, 0) is 0 Å². The molecule has 0 spiro atoms. The third kappa shape index (κ3) is 3.37. The molecule has 0 fully saturated rings. The number of ether oxygens (including phenoxy) is 1. The Morgan fingerprint density at radius 1 is 1.17 bits per heavy atom. The number of hydrogen-bond acceptors (Lipinski definition) is 5. The summed E-state index contributed by atoms with van der Waals surface area (Å²) >= 11 is 0. The molecule has 0 radical (unpaired) electrons. The van der Waals surface area contributed by atoms with E-state index in [2.05, 4.69) is 39.1 Å². The van der Waals surface area contributed by atoms with Crippen LogP contribution in [0.1, 0.15) is 31.2 Å². The Bertz CT molecular complexity index is 841. The van der Waals surface area contributed by atoms with Crippen LogP contribution in [-0.4, -0.2) is 27.0 Å². The van der Waals surface area contributed by atoms with Gasteiger partial charge in [-0.1, -0.05) is 13.8 Å². The highest BCUT2D eigenvalue weighted by Gasteiger charge is 2.11. The van der Waals surface area contributed by atoms with Crippen LogP contribution in [0.3, 0.4) is 0 Å². The highest BCUT2D eigenvalue weighted by atomic mass is 16.5. The van der Waals surface area contributed by atoms with Crippen LogP contribution in [0.25, 0.3) is 11.4 Å². The van der Waals surface area contributed by atoms with Gasteiger partial charge in [-0.15, -0.1) is 0 Å². The first-order chi connectivity index (χ1) is 11.6. The van der Waals surface area contributed by atoms with Gasteiger partial charge in [-0.25, -0.2) is 15.0 Å². The summed E-state index contributed by atoms with van der Waals surface area (Å²) in [5.41, 5.74) is 3.78. The molecule has 0 aliphatic carbocycles. The summed E-state index contributed by atoms with van der Waals surface area (Å²) in [6.45, 7) is 6.18. The van der Waals surface area contributed by atoms with E-state index in [1.54, 1.807) is 19.5 Å². The largest absolute Gasteiger partial charge is 0.496 e. The number of anilines is 2. The molecule has 2 heterocycles. The molecule has 0 amide bonds. The second-order valence-corrected chi connectivity index (χ2v) is 5.91. The maximum atomic E-state index is 5.51. The summed E-state index contributed by atoms with van der Waals surface area (Å²) in [5.74, 6) is 2.45. The van der Waals surface area contributed by atoms with Crippen molar-refractivity contribution in [1.82, 2.24) is 19.9 Å². The number of aryl methyl sites for hydroxylation is 1. The molecule has 0 saturated heterocycles. The predicted molar refractivity (Wildman–Crippen MR) is 94.7 cm³/mol. The molecule has 6 nitrogen and oxygen atoms in total. The smallest absolute Gasteiger partial charge is 0.227 e. The lowest BCUT2D eigenvalue weighted by atomic mass is 10.1. The fourth-order valence-corrected chi connectivity index (χ4v) is 2.40. The average molecular weight is 323 g/mol. The Morgan fingerprint density at radius 3 is 2.67 bits per heavy atom. The van der Waals surface area contributed by atoms with Gasteiger partial charge in [-0.05, 0) is 31.0 Å². The van der Waals surface area contributed by atoms with E-state index in [1.165, 1.54) is 0 Å². The van der Waals surface area contributed by atoms with E-state index >= 15 is 0 Å². The Balaban J connectivity index is 1.88. The molecule has 0 aliphatic heterocycles. The van der Waals surface area contributed by atoms with E-state index in [0.29, 0.717) is 11.9 Å². The Labute approximate surface area is 141 Å². The zero-order valence-electron chi connectivity index (χ0n) is 14.3. The number of nitrogens with one attached hydrogen (secondary N) is 2. The van der Waals surface area contributed by atoms with E-state index in [0.717, 1.165) is 34.2 Å². The molecule has 2 aromatic heterocycles. The predicted octanol–water partition coefficient (Wildman–Crippen LogP) is 4.05. The second-order valence-electron chi connectivity index (χ2n) is 5.91. The zero-order valence-corrected chi connectivity index (χ0v) is 14.3. The summed E-state index contributed by atoms with van der Waals surface area (Å²) in [6, 6.07) is 7.77. The van der Waals surface area contributed by atoms with Gasteiger partial charge in [0.2, 0.25) is 5.95 Å². The van der Waals surface area contributed by atoms with Crippen molar-refractivity contribution < 1.29 is 4.74 Å². The average Bonchev–Trinajstić information content (AvgIpc) is 3.01. The van der Waals surface area contributed by atoms with Crippen LogP contribution in [0, 0.1) is 6.92 Å². The zero-order chi connectivity index (χ0) is 17.1. The van der Waals surface area contributed by atoms with Crippen LogP contribution in [0.15, 0.2) is 36.7 Å². The van der Waals surface area contributed by atoms with Crippen molar-refractivity contribution >= 4 is 11.6 Å². The summed E-state index contributed by atoms with van der Waals surface area (Å²) in [7, 11) is 1.65. The van der Waals surface area contributed by atoms with Crippen LogP contribution in [0.2, 0.25) is 0 Å². The first kappa shape index (κ1) is 16.0. The molecule has 2 N–H and O–H groups in total. The lowest BCUT2D eigenvalue weighted by molar-refractivity contribution is 0.416. The van der Waals surface area contributed by atoms with Crippen LogP contribution in [0.5, 0.6) is 5.75 Å². The normalized spacial score (nSPS) is 10.9. The van der Waals surface area contributed by atoms with Gasteiger partial charge in [-0.3, -0.25) is 0 Å². The van der Waals surface area contributed by atoms with E-state index in [4.69, 9.17) is 4.74 Å². The van der Waals surface area contributed by atoms with E-state index in [9.17, 15) is 0 Å². The molecule has 0 bridgehead atoms. The second kappa shape index (κ2) is 6.70. The molecular weight excluding hydrogens is 302 g/mol. The van der Waals surface area contributed by atoms with Gasteiger partial charge >= 0.3 is 0 Å². The first-order valence-electron chi connectivity index (χ1n) is 7.87. The van der Waals surface area contributed by atoms with Crippen molar-refractivity contribution in [2.24, 2.45) is 0 Å². The number of imidazole rings is 1. The lowest BCUT2D eigenvalue weighted by Crippen LogP contribution is -2.01. The maximum absolute atomic E-state index is 5.51. The van der Waals surface area contributed by atoms with Crippen molar-refractivity contribution in [3.63, 3.8) is 0 Å². The third-order valence-electron chi connectivity index (χ3n) is 3.68. The Morgan fingerprint density at radius 2 is 2.00 bits per heavy atom. The highest BCUT2D eigenvalue weighted by molar-refractivity contribution is 5.70. The SMILES string of the molecule is COc1cc(Nc2nccc(C(C)C)n2)ccc1-c1ncc(C)[nH]1. The van der Waals surface area contributed by atoms with E-state index in [1.807, 2.05) is 31.2 Å². The maximum Gasteiger partial charge on any atom is 0.227 e. The minimum atomic E-state index is 0.354. The van der Waals surface area contributed by atoms with Crippen molar-refractivity contribution in [3.8, 4) is 17.1 Å². The van der Waals surface area contributed by atoms with Gasteiger partial charge in [0, 0.05) is 35.5 Å². The summed E-state index contributed by atoms with van der Waals surface area (Å²) in [4.78, 5) is 16.4.